The first-order valence-electron chi connectivity index (χ1n) is 6.99. The predicted octanol–water partition coefficient (Wildman–Crippen LogP) is 4.22. The first-order chi connectivity index (χ1) is 8.70. The molecular weight excluding hydrogens is 224 g/mol. The Morgan fingerprint density at radius 3 is 3.06 bits per heavy atom. The minimum atomic E-state index is -0.102. The molecular formula is C16H20O2. The van der Waals surface area contributed by atoms with E-state index in [4.69, 9.17) is 4.42 Å². The second kappa shape index (κ2) is 4.42. The van der Waals surface area contributed by atoms with Crippen LogP contribution in [-0.2, 0) is 4.79 Å². The van der Waals surface area contributed by atoms with E-state index in [1.807, 2.05) is 18.2 Å². The SMILES string of the molecule is C[C@]12CCCC[C@@H]1CC/C(=C\c1ccco1)C2=O. The third-order valence-corrected chi connectivity index (χ3v) is 4.83. The summed E-state index contributed by atoms with van der Waals surface area (Å²) < 4.78 is 5.32. The highest BCUT2D eigenvalue weighted by Gasteiger charge is 2.46. The molecule has 2 atom stereocenters. The molecule has 1 aromatic rings. The first-order valence-corrected chi connectivity index (χ1v) is 6.99. The van der Waals surface area contributed by atoms with Crippen LogP contribution in [0, 0.1) is 11.3 Å². The molecule has 0 radical (unpaired) electrons. The number of fused-ring (bicyclic) bond motifs is 1. The van der Waals surface area contributed by atoms with Crippen LogP contribution in [0.5, 0.6) is 0 Å². The van der Waals surface area contributed by atoms with E-state index in [0.717, 1.165) is 30.6 Å². The third-order valence-electron chi connectivity index (χ3n) is 4.83. The standard InChI is InChI=1S/C16H20O2/c1-16-9-3-2-5-13(16)8-7-12(15(16)17)11-14-6-4-10-18-14/h4,6,10-11,13H,2-3,5,7-9H2,1H3/b12-11+/t13-,16+/m1/s1. The van der Waals surface area contributed by atoms with Gasteiger partial charge < -0.3 is 4.42 Å². The minimum absolute atomic E-state index is 0.102. The van der Waals surface area contributed by atoms with Gasteiger partial charge in [-0.25, -0.2) is 0 Å². The summed E-state index contributed by atoms with van der Waals surface area (Å²) >= 11 is 0. The lowest BCUT2D eigenvalue weighted by atomic mass is 9.58. The maximum atomic E-state index is 12.7. The molecule has 2 heteroatoms. The Morgan fingerprint density at radius 1 is 1.39 bits per heavy atom. The quantitative estimate of drug-likeness (QED) is 0.692. The molecule has 0 unspecified atom stereocenters. The van der Waals surface area contributed by atoms with Crippen LogP contribution >= 0.6 is 0 Å². The van der Waals surface area contributed by atoms with Gasteiger partial charge in [0, 0.05) is 5.41 Å². The Labute approximate surface area is 108 Å². The van der Waals surface area contributed by atoms with E-state index in [0.29, 0.717) is 11.7 Å². The van der Waals surface area contributed by atoms with Crippen molar-refractivity contribution in [3.63, 3.8) is 0 Å². The molecule has 0 aliphatic heterocycles. The van der Waals surface area contributed by atoms with E-state index in [9.17, 15) is 4.79 Å². The normalized spacial score (nSPS) is 34.6. The number of hydrogen-bond acceptors (Lipinski definition) is 2. The highest BCUT2D eigenvalue weighted by Crippen LogP contribution is 2.49. The smallest absolute Gasteiger partial charge is 0.165 e. The maximum Gasteiger partial charge on any atom is 0.165 e. The third kappa shape index (κ3) is 1.84. The first kappa shape index (κ1) is 11.8. The number of hydrogen-bond donors (Lipinski definition) is 0. The van der Waals surface area contributed by atoms with Gasteiger partial charge in [0.05, 0.1) is 6.26 Å². The molecule has 0 amide bonds. The van der Waals surface area contributed by atoms with Crippen molar-refractivity contribution < 1.29 is 9.21 Å². The average molecular weight is 244 g/mol. The van der Waals surface area contributed by atoms with Crippen LogP contribution in [0.3, 0.4) is 0 Å². The Bertz CT molecular complexity index is 469. The summed E-state index contributed by atoms with van der Waals surface area (Å²) in [5.74, 6) is 1.78. The van der Waals surface area contributed by atoms with Crippen LogP contribution in [-0.4, -0.2) is 5.78 Å². The Kier molecular flexibility index (Phi) is 2.89. The number of carbonyl (C=O) groups is 1. The molecule has 96 valence electrons. The largest absolute Gasteiger partial charge is 0.465 e. The number of allylic oxidation sites excluding steroid dienone is 1. The van der Waals surface area contributed by atoms with Gasteiger partial charge in [0.1, 0.15) is 5.76 Å². The van der Waals surface area contributed by atoms with Gasteiger partial charge in [-0.3, -0.25) is 4.79 Å². The number of carbonyl (C=O) groups excluding carboxylic acids is 1. The summed E-state index contributed by atoms with van der Waals surface area (Å²) in [6, 6.07) is 3.78. The number of furan rings is 1. The van der Waals surface area contributed by atoms with Crippen molar-refractivity contribution in [1.29, 1.82) is 0 Å². The molecule has 2 saturated carbocycles. The molecule has 3 rings (SSSR count). The number of Topliss-reactive ketones (excluding diaryl/α,β-unsaturated/α-hetero) is 1. The van der Waals surface area contributed by atoms with E-state index in [1.54, 1.807) is 6.26 Å². The van der Waals surface area contributed by atoms with E-state index in [-0.39, 0.29) is 5.41 Å². The van der Waals surface area contributed by atoms with Gasteiger partial charge in [-0.15, -0.1) is 0 Å². The van der Waals surface area contributed by atoms with Crippen molar-refractivity contribution in [3.05, 3.63) is 29.7 Å². The van der Waals surface area contributed by atoms with Gasteiger partial charge in [0.2, 0.25) is 0 Å². The Balaban J connectivity index is 1.89. The summed E-state index contributed by atoms with van der Waals surface area (Å²) in [7, 11) is 0. The second-order valence-electron chi connectivity index (χ2n) is 5.91. The molecule has 1 aromatic heterocycles. The zero-order chi connectivity index (χ0) is 12.6. The highest BCUT2D eigenvalue weighted by molar-refractivity contribution is 6.04. The van der Waals surface area contributed by atoms with Crippen molar-refractivity contribution in [2.24, 2.45) is 11.3 Å². The van der Waals surface area contributed by atoms with E-state index < -0.39 is 0 Å². The van der Waals surface area contributed by atoms with E-state index in [1.165, 1.54) is 19.3 Å². The van der Waals surface area contributed by atoms with Crippen molar-refractivity contribution in [1.82, 2.24) is 0 Å². The monoisotopic (exact) mass is 244 g/mol. The van der Waals surface area contributed by atoms with Gasteiger partial charge in [-0.1, -0.05) is 19.8 Å². The molecule has 0 aromatic carbocycles. The fourth-order valence-electron chi connectivity index (χ4n) is 3.66. The fraction of sp³-hybridized carbons (Fsp3) is 0.562. The van der Waals surface area contributed by atoms with Crippen LogP contribution in [0.25, 0.3) is 6.08 Å². The highest BCUT2D eigenvalue weighted by atomic mass is 16.3. The Morgan fingerprint density at radius 2 is 2.28 bits per heavy atom. The van der Waals surface area contributed by atoms with Gasteiger partial charge in [0.15, 0.2) is 5.78 Å². The van der Waals surface area contributed by atoms with Gasteiger partial charge in [-0.05, 0) is 55.4 Å². The maximum absolute atomic E-state index is 12.7. The lowest BCUT2D eigenvalue weighted by Crippen LogP contribution is -2.42. The zero-order valence-corrected chi connectivity index (χ0v) is 10.9. The fourth-order valence-corrected chi connectivity index (χ4v) is 3.66. The summed E-state index contributed by atoms with van der Waals surface area (Å²) in [4.78, 5) is 12.7. The Hall–Kier alpha value is -1.31. The molecule has 2 aliphatic carbocycles. The van der Waals surface area contributed by atoms with Crippen LogP contribution in [0.2, 0.25) is 0 Å². The van der Waals surface area contributed by atoms with Crippen molar-refractivity contribution >= 4 is 11.9 Å². The number of ketones is 1. The van der Waals surface area contributed by atoms with Crippen LogP contribution < -0.4 is 0 Å². The van der Waals surface area contributed by atoms with E-state index >= 15 is 0 Å². The van der Waals surface area contributed by atoms with Crippen molar-refractivity contribution in [3.8, 4) is 0 Å². The van der Waals surface area contributed by atoms with E-state index in [2.05, 4.69) is 6.92 Å². The zero-order valence-electron chi connectivity index (χ0n) is 10.9. The topological polar surface area (TPSA) is 30.2 Å². The molecule has 0 N–H and O–H groups in total. The molecule has 2 nitrogen and oxygen atoms in total. The van der Waals surface area contributed by atoms with Gasteiger partial charge in [-0.2, -0.15) is 0 Å². The van der Waals surface area contributed by atoms with Crippen LogP contribution in [0.1, 0.15) is 51.2 Å². The van der Waals surface area contributed by atoms with Gasteiger partial charge >= 0.3 is 0 Å². The minimum Gasteiger partial charge on any atom is -0.465 e. The molecule has 0 spiro atoms. The summed E-state index contributed by atoms with van der Waals surface area (Å²) in [5.41, 5.74) is 0.861. The molecule has 0 bridgehead atoms. The summed E-state index contributed by atoms with van der Waals surface area (Å²) in [6.07, 6.45) is 10.5. The number of rotatable bonds is 1. The van der Waals surface area contributed by atoms with Crippen molar-refractivity contribution in [2.75, 3.05) is 0 Å². The molecule has 2 fully saturated rings. The molecule has 0 saturated heterocycles. The average Bonchev–Trinajstić information content (AvgIpc) is 2.87. The van der Waals surface area contributed by atoms with Crippen molar-refractivity contribution in [2.45, 2.75) is 45.4 Å². The molecule has 18 heavy (non-hydrogen) atoms. The molecule has 2 aliphatic rings. The van der Waals surface area contributed by atoms with Gasteiger partial charge in [0.25, 0.3) is 0 Å². The summed E-state index contributed by atoms with van der Waals surface area (Å²) in [6.45, 7) is 2.17. The van der Waals surface area contributed by atoms with Crippen LogP contribution in [0.15, 0.2) is 28.4 Å². The molecule has 1 heterocycles. The predicted molar refractivity (Wildman–Crippen MR) is 71.0 cm³/mol. The van der Waals surface area contributed by atoms with Crippen LogP contribution in [0.4, 0.5) is 0 Å². The summed E-state index contributed by atoms with van der Waals surface area (Å²) in [5, 5.41) is 0. The lowest BCUT2D eigenvalue weighted by molar-refractivity contribution is -0.131. The second-order valence-corrected chi connectivity index (χ2v) is 5.91. The lowest BCUT2D eigenvalue weighted by Gasteiger charge is -2.44.